The van der Waals surface area contributed by atoms with Crippen LogP contribution in [-0.4, -0.2) is 36.4 Å². The first kappa shape index (κ1) is 22.2. The van der Waals surface area contributed by atoms with Crippen molar-refractivity contribution in [1.82, 2.24) is 9.55 Å². The highest BCUT2D eigenvalue weighted by molar-refractivity contribution is 6.02. The SMILES string of the molecule is CCCN(CCC)c1ccc(-c2c(C)cc(C)cc2C)c2nc(N)n(CCOC)c12. The molecule has 0 amide bonds. The van der Waals surface area contributed by atoms with Crippen molar-refractivity contribution in [1.29, 1.82) is 0 Å². The number of methoxy groups -OCH3 is 1. The minimum absolute atomic E-state index is 0.547. The highest BCUT2D eigenvalue weighted by Crippen LogP contribution is 2.39. The van der Waals surface area contributed by atoms with Crippen molar-refractivity contribution < 1.29 is 4.74 Å². The van der Waals surface area contributed by atoms with E-state index in [1.807, 2.05) is 0 Å². The van der Waals surface area contributed by atoms with Crippen molar-refractivity contribution in [2.24, 2.45) is 0 Å². The second-order valence-corrected chi connectivity index (χ2v) is 8.20. The number of benzene rings is 2. The van der Waals surface area contributed by atoms with Crippen LogP contribution < -0.4 is 10.6 Å². The van der Waals surface area contributed by atoms with Crippen LogP contribution in [-0.2, 0) is 11.3 Å². The molecule has 0 bridgehead atoms. The number of ether oxygens (including phenoxy) is 1. The van der Waals surface area contributed by atoms with Gasteiger partial charge in [-0.1, -0.05) is 31.5 Å². The Hall–Kier alpha value is -2.53. The van der Waals surface area contributed by atoms with E-state index < -0.39 is 0 Å². The molecule has 0 aliphatic carbocycles. The number of nitrogens with zero attached hydrogens (tertiary/aromatic N) is 3. The third-order valence-electron chi connectivity index (χ3n) is 5.70. The summed E-state index contributed by atoms with van der Waals surface area (Å²) in [5.74, 6) is 0.547. The van der Waals surface area contributed by atoms with Crippen molar-refractivity contribution in [2.75, 3.05) is 37.4 Å². The van der Waals surface area contributed by atoms with Crippen LogP contribution in [0.3, 0.4) is 0 Å². The van der Waals surface area contributed by atoms with Crippen LogP contribution in [0.1, 0.15) is 43.4 Å². The fourth-order valence-corrected chi connectivity index (χ4v) is 4.60. The van der Waals surface area contributed by atoms with Crippen LogP contribution in [0.5, 0.6) is 0 Å². The lowest BCUT2D eigenvalue weighted by Gasteiger charge is -2.26. The van der Waals surface area contributed by atoms with Gasteiger partial charge in [-0.2, -0.15) is 0 Å². The van der Waals surface area contributed by atoms with E-state index in [2.05, 4.69) is 68.4 Å². The van der Waals surface area contributed by atoms with Crippen molar-refractivity contribution >= 4 is 22.7 Å². The van der Waals surface area contributed by atoms with E-state index in [0.717, 1.165) is 42.5 Å². The molecule has 2 N–H and O–H groups in total. The molecule has 3 aromatic rings. The Morgan fingerprint density at radius 3 is 2.23 bits per heavy atom. The molecule has 0 aliphatic rings. The van der Waals surface area contributed by atoms with Crippen LogP contribution in [0.2, 0.25) is 0 Å². The monoisotopic (exact) mass is 408 g/mol. The second-order valence-electron chi connectivity index (χ2n) is 8.20. The zero-order valence-corrected chi connectivity index (χ0v) is 19.4. The van der Waals surface area contributed by atoms with Gasteiger partial charge in [0.1, 0.15) is 5.52 Å². The lowest BCUT2D eigenvalue weighted by molar-refractivity contribution is 0.189. The smallest absolute Gasteiger partial charge is 0.201 e. The number of nitrogen functional groups attached to an aromatic ring is 1. The molecular formula is C25H36N4O. The van der Waals surface area contributed by atoms with Gasteiger partial charge in [-0.15, -0.1) is 0 Å². The number of anilines is 2. The fraction of sp³-hybridized carbons (Fsp3) is 0.480. The molecule has 30 heavy (non-hydrogen) atoms. The molecule has 1 heterocycles. The van der Waals surface area contributed by atoms with Crippen molar-refractivity contribution in [3.63, 3.8) is 0 Å². The van der Waals surface area contributed by atoms with E-state index in [4.69, 9.17) is 15.5 Å². The summed E-state index contributed by atoms with van der Waals surface area (Å²) in [5, 5.41) is 0. The van der Waals surface area contributed by atoms with Gasteiger partial charge < -0.3 is 19.9 Å². The molecule has 0 radical (unpaired) electrons. The zero-order valence-electron chi connectivity index (χ0n) is 19.4. The predicted octanol–water partition coefficient (Wildman–Crippen LogP) is 5.48. The van der Waals surface area contributed by atoms with E-state index >= 15 is 0 Å². The average Bonchev–Trinajstić information content (AvgIpc) is 3.02. The second kappa shape index (κ2) is 9.52. The molecule has 2 aromatic carbocycles. The number of nitrogens with two attached hydrogens (primary N) is 1. The van der Waals surface area contributed by atoms with Crippen LogP contribution in [0, 0.1) is 20.8 Å². The predicted molar refractivity (Wildman–Crippen MR) is 128 cm³/mol. The van der Waals surface area contributed by atoms with Gasteiger partial charge in [-0.05, 0) is 62.4 Å². The van der Waals surface area contributed by atoms with Crippen molar-refractivity contribution in [3.05, 3.63) is 41.0 Å². The largest absolute Gasteiger partial charge is 0.383 e. The number of aromatic nitrogens is 2. The quantitative estimate of drug-likeness (QED) is 0.509. The average molecular weight is 409 g/mol. The molecule has 5 heteroatoms. The van der Waals surface area contributed by atoms with Crippen LogP contribution >= 0.6 is 0 Å². The van der Waals surface area contributed by atoms with Gasteiger partial charge in [-0.3, -0.25) is 0 Å². The Bertz CT molecular complexity index is 993. The molecule has 0 atom stereocenters. The summed E-state index contributed by atoms with van der Waals surface area (Å²) in [6, 6.07) is 8.97. The first-order chi connectivity index (χ1) is 14.4. The highest BCUT2D eigenvalue weighted by Gasteiger charge is 2.21. The number of aryl methyl sites for hydroxylation is 3. The number of rotatable bonds is 9. The van der Waals surface area contributed by atoms with E-state index in [1.54, 1.807) is 7.11 Å². The van der Waals surface area contributed by atoms with E-state index in [9.17, 15) is 0 Å². The van der Waals surface area contributed by atoms with Gasteiger partial charge in [0.05, 0.1) is 17.8 Å². The maximum Gasteiger partial charge on any atom is 0.201 e. The minimum Gasteiger partial charge on any atom is -0.383 e. The number of hydrogen-bond acceptors (Lipinski definition) is 4. The maximum atomic E-state index is 6.44. The molecule has 5 nitrogen and oxygen atoms in total. The Morgan fingerprint density at radius 2 is 1.67 bits per heavy atom. The molecule has 0 spiro atoms. The molecule has 0 unspecified atom stereocenters. The molecular weight excluding hydrogens is 372 g/mol. The summed E-state index contributed by atoms with van der Waals surface area (Å²) in [4.78, 5) is 7.33. The van der Waals surface area contributed by atoms with Crippen LogP contribution in [0.25, 0.3) is 22.2 Å². The fourth-order valence-electron chi connectivity index (χ4n) is 4.60. The summed E-state index contributed by atoms with van der Waals surface area (Å²) < 4.78 is 7.48. The molecule has 1 aromatic heterocycles. The van der Waals surface area contributed by atoms with Gasteiger partial charge in [0.2, 0.25) is 5.95 Å². The van der Waals surface area contributed by atoms with Crippen LogP contribution in [0.15, 0.2) is 24.3 Å². The number of hydrogen-bond donors (Lipinski definition) is 1. The Morgan fingerprint density at radius 1 is 1.03 bits per heavy atom. The highest BCUT2D eigenvalue weighted by atomic mass is 16.5. The molecule has 0 aliphatic heterocycles. The van der Waals surface area contributed by atoms with Crippen LogP contribution in [0.4, 0.5) is 11.6 Å². The molecule has 0 saturated heterocycles. The molecule has 0 saturated carbocycles. The van der Waals surface area contributed by atoms with Gasteiger partial charge in [-0.25, -0.2) is 4.98 Å². The summed E-state index contributed by atoms with van der Waals surface area (Å²) in [5.41, 5.74) is 16.0. The summed E-state index contributed by atoms with van der Waals surface area (Å²) in [7, 11) is 1.72. The first-order valence-electron chi connectivity index (χ1n) is 11.0. The Kier molecular flexibility index (Phi) is 7.03. The van der Waals surface area contributed by atoms with E-state index in [1.165, 1.54) is 27.9 Å². The molecule has 3 rings (SSSR count). The summed E-state index contributed by atoms with van der Waals surface area (Å²) >= 11 is 0. The third-order valence-corrected chi connectivity index (χ3v) is 5.70. The molecule has 162 valence electrons. The standard InChI is InChI=1S/C25H36N4O/c1-7-11-28(12-8-2)21-10-9-20(22-18(4)15-17(3)16-19(22)5)23-24(21)29(13-14-30-6)25(26)27-23/h9-10,15-16H,7-8,11-14H2,1-6H3,(H2,26,27). The Labute approximate surface area is 180 Å². The summed E-state index contributed by atoms with van der Waals surface area (Å²) in [6.07, 6.45) is 2.20. The van der Waals surface area contributed by atoms with E-state index in [0.29, 0.717) is 19.1 Å². The third kappa shape index (κ3) is 4.17. The lowest BCUT2D eigenvalue weighted by Crippen LogP contribution is -2.25. The minimum atomic E-state index is 0.547. The number of fused-ring (bicyclic) bond motifs is 1. The maximum absolute atomic E-state index is 6.44. The van der Waals surface area contributed by atoms with Crippen molar-refractivity contribution in [2.45, 2.75) is 54.0 Å². The van der Waals surface area contributed by atoms with Gasteiger partial charge in [0.25, 0.3) is 0 Å². The Balaban J connectivity index is 2.32. The van der Waals surface area contributed by atoms with Gasteiger partial charge >= 0.3 is 0 Å². The van der Waals surface area contributed by atoms with Gasteiger partial charge in [0, 0.05) is 32.3 Å². The lowest BCUT2D eigenvalue weighted by atomic mass is 9.92. The normalized spacial score (nSPS) is 11.4. The van der Waals surface area contributed by atoms with Crippen molar-refractivity contribution in [3.8, 4) is 11.1 Å². The topological polar surface area (TPSA) is 56.3 Å². The summed E-state index contributed by atoms with van der Waals surface area (Å²) in [6.45, 7) is 14.3. The van der Waals surface area contributed by atoms with Gasteiger partial charge in [0.15, 0.2) is 0 Å². The first-order valence-corrected chi connectivity index (χ1v) is 11.0. The molecule has 0 fully saturated rings. The van der Waals surface area contributed by atoms with E-state index in [-0.39, 0.29) is 0 Å². The number of imidazole rings is 1. The zero-order chi connectivity index (χ0) is 21.8.